The Balaban J connectivity index is 1.90. The molecule has 0 aliphatic heterocycles. The Hall–Kier alpha value is -1.64. The molecule has 2 aliphatic rings. The summed E-state index contributed by atoms with van der Waals surface area (Å²) in [5, 5.41) is 0. The highest BCUT2D eigenvalue weighted by molar-refractivity contribution is 5.96. The van der Waals surface area contributed by atoms with Crippen LogP contribution >= 0.6 is 0 Å². The van der Waals surface area contributed by atoms with Gasteiger partial charge in [-0.2, -0.15) is 0 Å². The van der Waals surface area contributed by atoms with Crippen LogP contribution in [0.5, 0.6) is 0 Å². The zero-order valence-corrected chi connectivity index (χ0v) is 13.6. The zero-order valence-electron chi connectivity index (χ0n) is 13.6. The van der Waals surface area contributed by atoms with Crippen molar-refractivity contribution in [3.8, 4) is 0 Å². The van der Waals surface area contributed by atoms with Crippen molar-refractivity contribution in [3.63, 3.8) is 0 Å². The van der Waals surface area contributed by atoms with Crippen molar-refractivity contribution in [2.24, 2.45) is 16.7 Å². The van der Waals surface area contributed by atoms with Crippen LogP contribution in [0.4, 0.5) is 0 Å². The lowest BCUT2D eigenvalue weighted by Gasteiger charge is -2.41. The lowest BCUT2D eigenvalue weighted by atomic mass is 9.65. The first-order chi connectivity index (χ1) is 10.4. The molecule has 3 heteroatoms. The van der Waals surface area contributed by atoms with Gasteiger partial charge < -0.3 is 4.74 Å². The second-order valence-electron chi connectivity index (χ2n) is 7.41. The van der Waals surface area contributed by atoms with Crippen molar-refractivity contribution in [1.29, 1.82) is 0 Å². The van der Waals surface area contributed by atoms with E-state index in [0.29, 0.717) is 12.3 Å². The van der Waals surface area contributed by atoms with Crippen molar-refractivity contribution in [2.75, 3.05) is 0 Å². The third-order valence-corrected chi connectivity index (χ3v) is 6.24. The molecule has 2 fully saturated rings. The Morgan fingerprint density at radius 1 is 1.23 bits per heavy atom. The topological polar surface area (TPSA) is 43.4 Å². The van der Waals surface area contributed by atoms with Crippen molar-refractivity contribution >= 4 is 11.8 Å². The molecule has 3 atom stereocenters. The lowest BCUT2D eigenvalue weighted by Crippen LogP contribution is -2.42. The van der Waals surface area contributed by atoms with Crippen LogP contribution in [0.15, 0.2) is 30.3 Å². The smallest absolute Gasteiger partial charge is 0.302 e. The van der Waals surface area contributed by atoms with Crippen LogP contribution < -0.4 is 0 Å². The van der Waals surface area contributed by atoms with Gasteiger partial charge >= 0.3 is 5.97 Å². The first-order valence-corrected chi connectivity index (χ1v) is 8.12. The van der Waals surface area contributed by atoms with E-state index in [1.807, 2.05) is 30.3 Å². The molecular weight excluding hydrogens is 276 g/mol. The van der Waals surface area contributed by atoms with Gasteiger partial charge in [0.1, 0.15) is 6.10 Å². The van der Waals surface area contributed by atoms with E-state index >= 15 is 0 Å². The quantitative estimate of drug-likeness (QED) is 0.623. The molecule has 0 aromatic heterocycles. The molecule has 3 rings (SSSR count). The summed E-state index contributed by atoms with van der Waals surface area (Å²) in [5.41, 5.74) is 0.581. The molecule has 118 valence electrons. The van der Waals surface area contributed by atoms with E-state index in [2.05, 4.69) is 13.8 Å². The number of carbonyl (C=O) groups excluding carboxylic acids is 2. The van der Waals surface area contributed by atoms with Gasteiger partial charge in [-0.05, 0) is 30.6 Å². The predicted octanol–water partition coefficient (Wildman–Crippen LogP) is 4.02. The van der Waals surface area contributed by atoms with Crippen LogP contribution in [0.1, 0.15) is 56.8 Å². The molecule has 2 bridgehead atoms. The highest BCUT2D eigenvalue weighted by atomic mass is 16.5. The van der Waals surface area contributed by atoms with Crippen LogP contribution in [-0.2, 0) is 9.53 Å². The van der Waals surface area contributed by atoms with Crippen LogP contribution in [0.2, 0.25) is 0 Å². The number of ether oxygens (including phenoxy) is 1. The van der Waals surface area contributed by atoms with Gasteiger partial charge in [0.05, 0.1) is 0 Å². The Morgan fingerprint density at radius 2 is 1.91 bits per heavy atom. The number of ketones is 1. The minimum absolute atomic E-state index is 0.0392. The maximum absolute atomic E-state index is 12.8. The summed E-state index contributed by atoms with van der Waals surface area (Å²) in [6, 6.07) is 9.45. The molecule has 1 aromatic carbocycles. The van der Waals surface area contributed by atoms with Crippen molar-refractivity contribution in [3.05, 3.63) is 35.9 Å². The fourth-order valence-electron chi connectivity index (χ4n) is 4.80. The summed E-state index contributed by atoms with van der Waals surface area (Å²) in [5.74, 6) is 0.466. The van der Waals surface area contributed by atoms with E-state index in [-0.39, 0.29) is 28.7 Å². The van der Waals surface area contributed by atoms with Gasteiger partial charge in [-0.25, -0.2) is 0 Å². The summed E-state index contributed by atoms with van der Waals surface area (Å²) in [6.45, 7) is 5.95. The molecule has 0 amide bonds. The average molecular weight is 300 g/mol. The number of carbonyl (C=O) groups is 2. The molecular formula is C19H24O3. The van der Waals surface area contributed by atoms with Crippen LogP contribution in [0.3, 0.4) is 0 Å². The summed E-state index contributed by atoms with van der Waals surface area (Å²) >= 11 is 0. The van der Waals surface area contributed by atoms with Gasteiger partial charge in [-0.1, -0.05) is 44.2 Å². The summed E-state index contributed by atoms with van der Waals surface area (Å²) in [4.78, 5) is 24.2. The number of esters is 1. The standard InChI is InChI=1S/C19H24O3/c1-13(20)22-17-11-15-9-10-19(17,18(15,2)3)12-16(21)14-7-5-4-6-8-14/h4-8,15,17H,9-12H2,1-3H3. The van der Waals surface area contributed by atoms with Gasteiger partial charge in [0, 0.05) is 24.3 Å². The number of hydrogen-bond donors (Lipinski definition) is 0. The van der Waals surface area contributed by atoms with Crippen molar-refractivity contribution in [1.82, 2.24) is 0 Å². The Morgan fingerprint density at radius 3 is 2.50 bits per heavy atom. The van der Waals surface area contributed by atoms with E-state index in [4.69, 9.17) is 4.74 Å². The minimum atomic E-state index is -0.236. The second-order valence-corrected chi connectivity index (χ2v) is 7.41. The van der Waals surface area contributed by atoms with Gasteiger partial charge in [0.2, 0.25) is 0 Å². The van der Waals surface area contributed by atoms with E-state index in [1.54, 1.807) is 0 Å². The molecule has 3 nitrogen and oxygen atoms in total. The first-order valence-electron chi connectivity index (χ1n) is 8.12. The lowest BCUT2D eigenvalue weighted by molar-refractivity contribution is -0.155. The van der Waals surface area contributed by atoms with Gasteiger partial charge in [-0.3, -0.25) is 9.59 Å². The van der Waals surface area contributed by atoms with Crippen LogP contribution in [0, 0.1) is 16.7 Å². The molecule has 22 heavy (non-hydrogen) atoms. The third kappa shape index (κ3) is 2.18. The maximum atomic E-state index is 12.8. The second kappa shape index (κ2) is 5.22. The van der Waals surface area contributed by atoms with Gasteiger partial charge in [-0.15, -0.1) is 0 Å². The molecule has 2 saturated carbocycles. The predicted molar refractivity (Wildman–Crippen MR) is 84.5 cm³/mol. The molecule has 0 spiro atoms. The number of benzene rings is 1. The van der Waals surface area contributed by atoms with Crippen LogP contribution in [-0.4, -0.2) is 17.9 Å². The molecule has 0 saturated heterocycles. The highest BCUT2D eigenvalue weighted by Gasteiger charge is 2.65. The SMILES string of the molecule is CC(=O)OC1CC2CCC1(CC(=O)c1ccccc1)C2(C)C. The maximum Gasteiger partial charge on any atom is 0.302 e. The minimum Gasteiger partial charge on any atom is -0.462 e. The molecule has 2 aliphatic carbocycles. The molecule has 0 radical (unpaired) electrons. The fraction of sp³-hybridized carbons (Fsp3) is 0.579. The number of hydrogen-bond acceptors (Lipinski definition) is 3. The van der Waals surface area contributed by atoms with Gasteiger partial charge in [0.25, 0.3) is 0 Å². The Kier molecular flexibility index (Phi) is 3.62. The summed E-state index contributed by atoms with van der Waals surface area (Å²) in [7, 11) is 0. The van der Waals surface area contributed by atoms with E-state index in [0.717, 1.165) is 24.8 Å². The number of fused-ring (bicyclic) bond motifs is 2. The fourth-order valence-corrected chi connectivity index (χ4v) is 4.80. The van der Waals surface area contributed by atoms with E-state index in [9.17, 15) is 9.59 Å². The normalized spacial score (nSPS) is 32.0. The molecule has 3 unspecified atom stereocenters. The van der Waals surface area contributed by atoms with Crippen molar-refractivity contribution < 1.29 is 14.3 Å². The molecule has 1 aromatic rings. The van der Waals surface area contributed by atoms with Crippen LogP contribution in [0.25, 0.3) is 0 Å². The average Bonchev–Trinajstić information content (AvgIpc) is 2.82. The third-order valence-electron chi connectivity index (χ3n) is 6.24. The van der Waals surface area contributed by atoms with E-state index in [1.165, 1.54) is 6.92 Å². The number of Topliss-reactive ketones (excluding diaryl/α,β-unsaturated/α-hetero) is 1. The molecule has 0 heterocycles. The van der Waals surface area contributed by atoms with E-state index < -0.39 is 0 Å². The van der Waals surface area contributed by atoms with Crippen molar-refractivity contribution in [2.45, 2.75) is 52.6 Å². The largest absolute Gasteiger partial charge is 0.462 e. The Labute approximate surface area is 132 Å². The summed E-state index contributed by atoms with van der Waals surface area (Å²) < 4.78 is 5.63. The summed E-state index contributed by atoms with van der Waals surface area (Å²) in [6.07, 6.45) is 3.35. The zero-order chi connectivity index (χ0) is 16.0. The monoisotopic (exact) mass is 300 g/mol. The Bertz CT molecular complexity index is 590. The highest BCUT2D eigenvalue weighted by Crippen LogP contribution is 2.68. The molecule has 0 N–H and O–H groups in total. The first kappa shape index (κ1) is 15.3. The number of rotatable bonds is 4. The van der Waals surface area contributed by atoms with Gasteiger partial charge in [0.15, 0.2) is 5.78 Å².